The molecule has 0 aromatic heterocycles. The van der Waals surface area contributed by atoms with E-state index in [1.54, 1.807) is 0 Å². The molecular weight excluding hydrogens is 268 g/mol. The van der Waals surface area contributed by atoms with Gasteiger partial charge in [0, 0.05) is 19.2 Å². The van der Waals surface area contributed by atoms with Gasteiger partial charge >= 0.3 is 0 Å². The van der Waals surface area contributed by atoms with Crippen molar-refractivity contribution < 1.29 is 18.0 Å². The molecular formula is C12H16N2O4S. The van der Waals surface area contributed by atoms with Crippen LogP contribution in [0.2, 0.25) is 0 Å². The number of sulfonamides is 1. The molecule has 1 aliphatic rings. The molecule has 0 radical (unpaired) electrons. The highest BCUT2D eigenvalue weighted by molar-refractivity contribution is 7.89. The van der Waals surface area contributed by atoms with Gasteiger partial charge in [0.2, 0.25) is 0 Å². The summed E-state index contributed by atoms with van der Waals surface area (Å²) in [5, 5.41) is 2.48. The molecule has 1 saturated heterocycles. The topological polar surface area (TPSA) is 75.7 Å². The van der Waals surface area contributed by atoms with Crippen LogP contribution in [-0.4, -0.2) is 39.0 Å². The first-order chi connectivity index (χ1) is 9.05. The molecule has 104 valence electrons. The predicted octanol–water partition coefficient (Wildman–Crippen LogP) is 0.762. The van der Waals surface area contributed by atoms with Gasteiger partial charge in [-0.05, 0) is 37.1 Å². The van der Waals surface area contributed by atoms with Gasteiger partial charge in [0.1, 0.15) is 0 Å². The fourth-order valence-corrected chi connectivity index (χ4v) is 3.10. The van der Waals surface area contributed by atoms with Crippen molar-refractivity contribution in [2.75, 3.05) is 20.2 Å². The van der Waals surface area contributed by atoms with Crippen molar-refractivity contribution in [2.45, 2.75) is 17.7 Å². The van der Waals surface area contributed by atoms with E-state index in [4.69, 9.17) is 4.84 Å². The molecule has 1 amide bonds. The number of benzene rings is 1. The van der Waals surface area contributed by atoms with Crippen LogP contribution < -0.4 is 5.32 Å². The SMILES string of the molecule is CNC(=O)c1ccc(S(=O)(=O)N2CCCCO2)cc1. The lowest BCUT2D eigenvalue weighted by Gasteiger charge is -2.25. The van der Waals surface area contributed by atoms with E-state index >= 15 is 0 Å². The molecule has 1 aromatic carbocycles. The van der Waals surface area contributed by atoms with Gasteiger partial charge in [0.05, 0.1) is 11.5 Å². The summed E-state index contributed by atoms with van der Waals surface area (Å²) in [4.78, 5) is 16.7. The number of nitrogens with one attached hydrogen (secondary N) is 1. The molecule has 0 bridgehead atoms. The Hall–Kier alpha value is -1.44. The van der Waals surface area contributed by atoms with Crippen molar-refractivity contribution in [3.63, 3.8) is 0 Å². The highest BCUT2D eigenvalue weighted by Crippen LogP contribution is 2.20. The van der Waals surface area contributed by atoms with E-state index in [1.807, 2.05) is 0 Å². The van der Waals surface area contributed by atoms with Gasteiger partial charge in [-0.1, -0.05) is 4.47 Å². The first kappa shape index (κ1) is 14.0. The van der Waals surface area contributed by atoms with Crippen LogP contribution in [0, 0.1) is 0 Å². The highest BCUT2D eigenvalue weighted by atomic mass is 32.2. The number of carbonyl (C=O) groups is 1. The Balaban J connectivity index is 2.23. The van der Waals surface area contributed by atoms with E-state index in [2.05, 4.69) is 5.32 Å². The molecule has 0 saturated carbocycles. The van der Waals surface area contributed by atoms with E-state index in [9.17, 15) is 13.2 Å². The lowest BCUT2D eigenvalue weighted by atomic mass is 10.2. The maximum absolute atomic E-state index is 12.2. The Morgan fingerprint density at radius 2 is 1.95 bits per heavy atom. The van der Waals surface area contributed by atoms with Crippen molar-refractivity contribution >= 4 is 15.9 Å². The molecule has 0 spiro atoms. The third kappa shape index (κ3) is 2.94. The van der Waals surface area contributed by atoms with Crippen LogP contribution in [0.25, 0.3) is 0 Å². The zero-order valence-electron chi connectivity index (χ0n) is 10.6. The molecule has 1 aromatic rings. The van der Waals surface area contributed by atoms with Crippen LogP contribution in [0.1, 0.15) is 23.2 Å². The van der Waals surface area contributed by atoms with Crippen molar-refractivity contribution in [1.29, 1.82) is 0 Å². The van der Waals surface area contributed by atoms with Crippen LogP contribution in [0.5, 0.6) is 0 Å². The molecule has 19 heavy (non-hydrogen) atoms. The molecule has 0 atom stereocenters. The fourth-order valence-electron chi connectivity index (χ4n) is 1.80. The first-order valence-corrected chi connectivity index (χ1v) is 7.47. The summed E-state index contributed by atoms with van der Waals surface area (Å²) in [6, 6.07) is 5.79. The summed E-state index contributed by atoms with van der Waals surface area (Å²) in [5.74, 6) is -0.252. The molecule has 6 nitrogen and oxygen atoms in total. The summed E-state index contributed by atoms with van der Waals surface area (Å²) in [6.07, 6.45) is 1.65. The predicted molar refractivity (Wildman–Crippen MR) is 68.9 cm³/mol. The number of amides is 1. The van der Waals surface area contributed by atoms with E-state index in [0.717, 1.165) is 17.3 Å². The summed E-state index contributed by atoms with van der Waals surface area (Å²) >= 11 is 0. The zero-order valence-corrected chi connectivity index (χ0v) is 11.4. The van der Waals surface area contributed by atoms with Crippen LogP contribution >= 0.6 is 0 Å². The number of nitrogens with zero attached hydrogens (tertiary/aromatic N) is 1. The minimum Gasteiger partial charge on any atom is -0.355 e. The Kier molecular flexibility index (Phi) is 4.18. The number of hydroxylamine groups is 1. The Bertz CT molecular complexity index is 548. The monoisotopic (exact) mass is 284 g/mol. The van der Waals surface area contributed by atoms with Gasteiger partial charge in [0.15, 0.2) is 0 Å². The van der Waals surface area contributed by atoms with Crippen LogP contribution in [0.4, 0.5) is 0 Å². The smallest absolute Gasteiger partial charge is 0.265 e. The van der Waals surface area contributed by atoms with Gasteiger partial charge in [-0.25, -0.2) is 8.42 Å². The Morgan fingerprint density at radius 3 is 2.47 bits per heavy atom. The molecule has 2 rings (SSSR count). The average Bonchev–Trinajstić information content (AvgIpc) is 2.47. The minimum absolute atomic E-state index is 0.127. The van der Waals surface area contributed by atoms with Gasteiger partial charge in [-0.2, -0.15) is 0 Å². The third-order valence-electron chi connectivity index (χ3n) is 2.88. The second-order valence-electron chi connectivity index (χ2n) is 4.18. The van der Waals surface area contributed by atoms with E-state index in [0.29, 0.717) is 18.7 Å². The molecule has 1 N–H and O–H groups in total. The first-order valence-electron chi connectivity index (χ1n) is 6.03. The molecule has 1 heterocycles. The van der Waals surface area contributed by atoms with E-state index in [1.165, 1.54) is 31.3 Å². The van der Waals surface area contributed by atoms with E-state index < -0.39 is 10.0 Å². The van der Waals surface area contributed by atoms with Gasteiger partial charge in [-0.3, -0.25) is 9.63 Å². The fraction of sp³-hybridized carbons (Fsp3) is 0.417. The van der Waals surface area contributed by atoms with Crippen LogP contribution in [0.3, 0.4) is 0 Å². The number of hydrogen-bond acceptors (Lipinski definition) is 4. The van der Waals surface area contributed by atoms with Crippen molar-refractivity contribution in [3.8, 4) is 0 Å². The van der Waals surface area contributed by atoms with Gasteiger partial charge in [-0.15, -0.1) is 0 Å². The molecule has 0 unspecified atom stereocenters. The Labute approximate surface area is 112 Å². The second kappa shape index (κ2) is 5.68. The summed E-state index contributed by atoms with van der Waals surface area (Å²) in [6.45, 7) is 0.773. The summed E-state index contributed by atoms with van der Waals surface area (Å²) < 4.78 is 25.5. The van der Waals surface area contributed by atoms with Crippen LogP contribution in [0.15, 0.2) is 29.2 Å². The van der Waals surface area contributed by atoms with Crippen molar-refractivity contribution in [2.24, 2.45) is 0 Å². The molecule has 0 aliphatic carbocycles. The number of rotatable bonds is 3. The lowest BCUT2D eigenvalue weighted by Crippen LogP contribution is -2.35. The minimum atomic E-state index is -3.63. The Morgan fingerprint density at radius 1 is 1.26 bits per heavy atom. The molecule has 1 aliphatic heterocycles. The van der Waals surface area contributed by atoms with Crippen molar-refractivity contribution in [3.05, 3.63) is 29.8 Å². The normalized spacial score (nSPS) is 17.1. The van der Waals surface area contributed by atoms with E-state index in [-0.39, 0.29) is 10.8 Å². The summed E-state index contributed by atoms with van der Waals surface area (Å²) in [7, 11) is -2.11. The van der Waals surface area contributed by atoms with Crippen LogP contribution in [-0.2, 0) is 14.9 Å². The van der Waals surface area contributed by atoms with Gasteiger partial charge in [0.25, 0.3) is 15.9 Å². The third-order valence-corrected chi connectivity index (χ3v) is 4.57. The lowest BCUT2D eigenvalue weighted by molar-refractivity contribution is -0.108. The van der Waals surface area contributed by atoms with Gasteiger partial charge < -0.3 is 5.32 Å². The average molecular weight is 284 g/mol. The molecule has 7 heteroatoms. The highest BCUT2D eigenvalue weighted by Gasteiger charge is 2.27. The largest absolute Gasteiger partial charge is 0.355 e. The second-order valence-corrected chi connectivity index (χ2v) is 6.00. The zero-order chi connectivity index (χ0) is 13.9. The number of hydrogen-bond donors (Lipinski definition) is 1. The maximum atomic E-state index is 12.2. The standard InChI is InChI=1S/C12H16N2O4S/c1-13-12(15)10-4-6-11(7-5-10)19(16,17)14-8-2-3-9-18-14/h4-7H,2-3,8-9H2,1H3,(H,13,15). The maximum Gasteiger partial charge on any atom is 0.265 e. The summed E-state index contributed by atoms with van der Waals surface area (Å²) in [5.41, 5.74) is 0.418. The quantitative estimate of drug-likeness (QED) is 0.889. The van der Waals surface area contributed by atoms with Crippen molar-refractivity contribution in [1.82, 2.24) is 9.79 Å². The number of carbonyl (C=O) groups excluding carboxylic acids is 1. The molecule has 1 fully saturated rings.